The van der Waals surface area contributed by atoms with Crippen molar-refractivity contribution in [3.05, 3.63) is 0 Å². The average molecular weight is 354 g/mol. The highest BCUT2D eigenvalue weighted by Gasteiger charge is 2.66. The van der Waals surface area contributed by atoms with Gasteiger partial charge in [-0.25, -0.2) is 0 Å². The molecule has 2 saturated carbocycles. The Bertz CT molecular complexity index is 636. The fraction of sp³-hybridized carbons (Fsp3) is 0.600. The van der Waals surface area contributed by atoms with Crippen LogP contribution in [0.3, 0.4) is 0 Å². The van der Waals surface area contributed by atoms with Crippen molar-refractivity contribution in [2.75, 3.05) is 14.2 Å². The molecule has 0 aromatic rings. The molecule has 0 amide bonds. The number of aliphatic carboxylic acids is 2. The summed E-state index contributed by atoms with van der Waals surface area (Å²) in [7, 11) is 1.85. The number of ether oxygens (including phenoxy) is 2. The molecule has 25 heavy (non-hydrogen) atoms. The maximum Gasteiger partial charge on any atom is 0.316 e. The van der Waals surface area contributed by atoms with E-state index in [4.69, 9.17) is 0 Å². The minimum absolute atomic E-state index is 0.845. The van der Waals surface area contributed by atoms with Crippen molar-refractivity contribution in [1.29, 1.82) is 0 Å². The first-order valence-electron chi connectivity index (χ1n) is 7.24. The van der Waals surface area contributed by atoms with E-state index in [9.17, 15) is 39.0 Å². The van der Waals surface area contributed by atoms with Gasteiger partial charge in [-0.1, -0.05) is 0 Å². The molecule has 10 heteroatoms. The van der Waals surface area contributed by atoms with Crippen LogP contribution in [0, 0.1) is 22.7 Å². The van der Waals surface area contributed by atoms with E-state index in [2.05, 4.69) is 9.47 Å². The molecule has 0 spiro atoms. The zero-order chi connectivity index (χ0) is 19.2. The molecule has 0 aliphatic heterocycles. The van der Waals surface area contributed by atoms with E-state index in [1.807, 2.05) is 0 Å². The average Bonchev–Trinajstić information content (AvgIpc) is 2.58. The molecule has 2 bridgehead atoms. The van der Waals surface area contributed by atoms with Gasteiger partial charge in [-0.05, 0) is 19.3 Å². The normalized spacial score (nSPS) is 34.2. The van der Waals surface area contributed by atoms with Gasteiger partial charge in [0, 0.05) is 0 Å². The number of fused-ring (bicyclic) bond motifs is 2. The molecule has 0 N–H and O–H groups in total. The maximum atomic E-state index is 12.6. The third kappa shape index (κ3) is 2.39. The van der Waals surface area contributed by atoms with Gasteiger partial charge in [0.1, 0.15) is 11.8 Å². The SMILES string of the molecule is COC(=O)[C@@H]1C[C@]2(C(=O)[O-])C[C@@](C(=O)[O-])(C[C@@H](C(=O)OC)C2=O)C1=O. The van der Waals surface area contributed by atoms with E-state index >= 15 is 0 Å². The van der Waals surface area contributed by atoms with Crippen molar-refractivity contribution >= 4 is 35.4 Å². The minimum atomic E-state index is -2.51. The standard InChI is InChI=1S/C15H16O10/c1-24-10(18)6-3-14(12(20)21)5-15(8(6)16,13(22)23)4-7(9(14)17)11(19)25-2/h6-7H,3-5H2,1-2H3,(H,20,21)(H,22,23)/p-2/t6-,7-,14+,15+/m1/s1. The predicted molar refractivity (Wildman–Crippen MR) is 69.8 cm³/mol. The second kappa shape index (κ2) is 5.94. The number of methoxy groups -OCH3 is 2. The molecule has 2 aliphatic rings. The molecule has 2 fully saturated rings. The lowest BCUT2D eigenvalue weighted by atomic mass is 9.48. The summed E-state index contributed by atoms with van der Waals surface area (Å²) in [5.74, 6) is -12.2. The number of carbonyl (C=O) groups is 6. The quantitative estimate of drug-likeness (QED) is 0.363. The highest BCUT2D eigenvalue weighted by molar-refractivity contribution is 6.20. The number of Topliss-reactive ketones (excluding diaryl/α,β-unsaturated/α-hetero) is 2. The van der Waals surface area contributed by atoms with Crippen LogP contribution < -0.4 is 10.2 Å². The van der Waals surface area contributed by atoms with Crippen molar-refractivity contribution < 1.29 is 48.5 Å². The summed E-state index contributed by atoms with van der Waals surface area (Å²) in [6, 6.07) is 0. The van der Waals surface area contributed by atoms with Crippen molar-refractivity contribution in [2.45, 2.75) is 19.3 Å². The number of esters is 2. The first kappa shape index (κ1) is 18.6. The Morgan fingerprint density at radius 1 is 0.840 bits per heavy atom. The second-order valence-corrected chi connectivity index (χ2v) is 6.20. The van der Waals surface area contributed by atoms with Gasteiger partial charge in [0.15, 0.2) is 11.6 Å². The molecule has 0 aromatic carbocycles. The third-order valence-corrected chi connectivity index (χ3v) is 5.04. The van der Waals surface area contributed by atoms with Crippen LogP contribution in [0.2, 0.25) is 0 Å². The monoisotopic (exact) mass is 354 g/mol. The van der Waals surface area contributed by atoms with Gasteiger partial charge in [-0.3, -0.25) is 19.2 Å². The van der Waals surface area contributed by atoms with Gasteiger partial charge in [0.25, 0.3) is 0 Å². The summed E-state index contributed by atoms with van der Waals surface area (Å²) in [6.07, 6.45) is -2.63. The van der Waals surface area contributed by atoms with Gasteiger partial charge >= 0.3 is 11.9 Å². The van der Waals surface area contributed by atoms with E-state index in [1.54, 1.807) is 0 Å². The van der Waals surface area contributed by atoms with E-state index < -0.39 is 77.4 Å². The lowest BCUT2D eigenvalue weighted by molar-refractivity contribution is -0.328. The van der Waals surface area contributed by atoms with Crippen LogP contribution in [0.1, 0.15) is 19.3 Å². The number of ketones is 2. The minimum Gasteiger partial charge on any atom is -0.549 e. The van der Waals surface area contributed by atoms with Crippen LogP contribution >= 0.6 is 0 Å². The fourth-order valence-electron chi connectivity index (χ4n) is 3.76. The predicted octanol–water partition coefficient (Wildman–Crippen LogP) is -3.63. The van der Waals surface area contributed by atoms with Crippen LogP contribution in [-0.2, 0) is 38.2 Å². The molecule has 4 atom stereocenters. The number of carboxylic acids is 2. The zero-order valence-electron chi connectivity index (χ0n) is 13.4. The number of hydrogen-bond donors (Lipinski definition) is 0. The molecule has 0 aromatic heterocycles. The zero-order valence-corrected chi connectivity index (χ0v) is 13.4. The second-order valence-electron chi connectivity index (χ2n) is 6.20. The van der Waals surface area contributed by atoms with Gasteiger partial charge in [0.05, 0.1) is 37.0 Å². The Balaban J connectivity index is 2.71. The molecule has 136 valence electrons. The van der Waals surface area contributed by atoms with Gasteiger partial charge in [-0.2, -0.15) is 0 Å². The third-order valence-electron chi connectivity index (χ3n) is 5.04. The highest BCUT2D eigenvalue weighted by Crippen LogP contribution is 2.55. The summed E-state index contributed by atoms with van der Waals surface area (Å²) in [4.78, 5) is 72.4. The van der Waals surface area contributed by atoms with Crippen molar-refractivity contribution in [2.24, 2.45) is 22.7 Å². The molecule has 0 radical (unpaired) electrons. The van der Waals surface area contributed by atoms with Crippen LogP contribution in [0.5, 0.6) is 0 Å². The van der Waals surface area contributed by atoms with E-state index in [-0.39, 0.29) is 0 Å². The smallest absolute Gasteiger partial charge is 0.316 e. The highest BCUT2D eigenvalue weighted by atomic mass is 16.5. The van der Waals surface area contributed by atoms with Gasteiger partial charge < -0.3 is 29.3 Å². The molecular formula is C15H14O10-2. The van der Waals surface area contributed by atoms with E-state index in [1.165, 1.54) is 0 Å². The lowest BCUT2D eigenvalue weighted by Gasteiger charge is -2.54. The van der Waals surface area contributed by atoms with E-state index in [0.29, 0.717) is 0 Å². The Morgan fingerprint density at radius 3 is 1.40 bits per heavy atom. The number of rotatable bonds is 4. The first-order chi connectivity index (χ1) is 11.6. The molecule has 10 nitrogen and oxygen atoms in total. The largest absolute Gasteiger partial charge is 0.549 e. The number of hydrogen-bond acceptors (Lipinski definition) is 10. The lowest BCUT2D eigenvalue weighted by Crippen LogP contribution is -2.68. The van der Waals surface area contributed by atoms with Crippen LogP contribution in [-0.4, -0.2) is 49.7 Å². The fourth-order valence-corrected chi connectivity index (χ4v) is 3.76. The summed E-state index contributed by atoms with van der Waals surface area (Å²) in [5.41, 5.74) is -5.02. The van der Waals surface area contributed by atoms with Crippen molar-refractivity contribution in [3.63, 3.8) is 0 Å². The van der Waals surface area contributed by atoms with Gasteiger partial charge in [-0.15, -0.1) is 0 Å². The molecule has 0 saturated heterocycles. The van der Waals surface area contributed by atoms with E-state index in [0.717, 1.165) is 14.2 Å². The number of carbonyl (C=O) groups excluding carboxylic acids is 6. The van der Waals surface area contributed by atoms with Crippen LogP contribution in [0.4, 0.5) is 0 Å². The summed E-state index contributed by atoms with van der Waals surface area (Å²) in [5, 5.41) is 23.4. The summed E-state index contributed by atoms with van der Waals surface area (Å²) < 4.78 is 8.83. The van der Waals surface area contributed by atoms with Crippen LogP contribution in [0.25, 0.3) is 0 Å². The van der Waals surface area contributed by atoms with Crippen molar-refractivity contribution in [3.8, 4) is 0 Å². The Morgan fingerprint density at radius 2 is 1.16 bits per heavy atom. The molecular weight excluding hydrogens is 340 g/mol. The Kier molecular flexibility index (Phi) is 4.41. The van der Waals surface area contributed by atoms with Gasteiger partial charge in [0.2, 0.25) is 0 Å². The molecule has 0 heterocycles. The molecule has 0 unspecified atom stereocenters. The summed E-state index contributed by atoms with van der Waals surface area (Å²) >= 11 is 0. The number of carboxylic acid groups (broad SMARTS) is 2. The maximum absolute atomic E-state index is 12.6. The van der Waals surface area contributed by atoms with Crippen LogP contribution in [0.15, 0.2) is 0 Å². The Labute approximate surface area is 141 Å². The summed E-state index contributed by atoms with van der Waals surface area (Å²) in [6.45, 7) is 0. The first-order valence-corrected chi connectivity index (χ1v) is 7.24. The molecule has 2 aliphatic carbocycles. The molecule has 2 rings (SSSR count). The Hall–Kier alpha value is -2.78. The van der Waals surface area contributed by atoms with Crippen molar-refractivity contribution in [1.82, 2.24) is 0 Å². The topological polar surface area (TPSA) is 167 Å².